The molecule has 1 aromatic heterocycles. The Morgan fingerprint density at radius 1 is 1.44 bits per heavy atom. The van der Waals surface area contributed by atoms with Crippen LogP contribution >= 0.6 is 7.60 Å². The summed E-state index contributed by atoms with van der Waals surface area (Å²) in [6.45, 7) is 4.10. The molecule has 88 valence electrons. The Hall–Kier alpha value is -1.08. The monoisotopic (exact) mass is 242 g/mol. The van der Waals surface area contributed by atoms with Crippen LogP contribution in [-0.4, -0.2) is 22.8 Å². The molecule has 0 aliphatic rings. The van der Waals surface area contributed by atoms with Crippen molar-refractivity contribution in [3.05, 3.63) is 18.2 Å². The molecule has 0 radical (unpaired) electrons. The molecular formula is C10H15N2O3P. The second-order valence-electron chi connectivity index (χ2n) is 2.96. The van der Waals surface area contributed by atoms with Gasteiger partial charge in [-0.25, -0.2) is 9.55 Å². The summed E-state index contributed by atoms with van der Waals surface area (Å²) >= 11 is 0. The van der Waals surface area contributed by atoms with Crippen LogP contribution in [0.4, 0.5) is 0 Å². The van der Waals surface area contributed by atoms with Crippen molar-refractivity contribution >= 4 is 7.60 Å². The van der Waals surface area contributed by atoms with Gasteiger partial charge in [-0.15, -0.1) is 0 Å². The SMILES string of the molecule is CCOP(=O)(C#Cc1cncn1C)OCC. The van der Waals surface area contributed by atoms with Gasteiger partial charge in [-0.3, -0.25) is 9.05 Å². The van der Waals surface area contributed by atoms with E-state index in [0.717, 1.165) is 0 Å². The molecule has 0 aromatic carbocycles. The van der Waals surface area contributed by atoms with Crippen LogP contribution in [0.5, 0.6) is 0 Å². The average molecular weight is 242 g/mol. The topological polar surface area (TPSA) is 53.3 Å². The van der Waals surface area contributed by atoms with E-state index in [1.165, 1.54) is 0 Å². The fourth-order valence-electron chi connectivity index (χ4n) is 1.05. The predicted octanol–water partition coefficient (Wildman–Crippen LogP) is 2.00. The molecule has 1 heterocycles. The van der Waals surface area contributed by atoms with Gasteiger partial charge in [0.1, 0.15) is 5.69 Å². The normalized spacial score (nSPS) is 10.9. The highest BCUT2D eigenvalue weighted by Gasteiger charge is 2.19. The molecule has 0 unspecified atom stereocenters. The number of aryl methyl sites for hydroxylation is 1. The van der Waals surface area contributed by atoms with Gasteiger partial charge >= 0.3 is 7.60 Å². The molecule has 5 nitrogen and oxygen atoms in total. The molecule has 0 saturated carbocycles. The first-order valence-corrected chi connectivity index (χ1v) is 6.54. The van der Waals surface area contributed by atoms with Crippen LogP contribution in [0.3, 0.4) is 0 Å². The lowest BCUT2D eigenvalue weighted by molar-refractivity contribution is 0.230. The summed E-state index contributed by atoms with van der Waals surface area (Å²) in [6.07, 6.45) is 3.21. The van der Waals surface area contributed by atoms with Crippen LogP contribution in [0.2, 0.25) is 0 Å². The van der Waals surface area contributed by atoms with Gasteiger partial charge < -0.3 is 4.57 Å². The fourth-order valence-corrected chi connectivity index (χ4v) is 2.18. The number of rotatable bonds is 4. The Bertz CT molecular complexity index is 434. The minimum Gasteiger partial charge on any atom is -0.327 e. The van der Waals surface area contributed by atoms with E-state index in [4.69, 9.17) is 9.05 Å². The number of nitrogens with zero attached hydrogens (tertiary/aromatic N) is 2. The number of hydrogen-bond acceptors (Lipinski definition) is 4. The highest BCUT2D eigenvalue weighted by atomic mass is 31.2. The van der Waals surface area contributed by atoms with Crippen LogP contribution < -0.4 is 0 Å². The lowest BCUT2D eigenvalue weighted by atomic mass is 10.5. The Balaban J connectivity index is 2.88. The van der Waals surface area contributed by atoms with E-state index in [1.54, 1.807) is 30.9 Å². The van der Waals surface area contributed by atoms with Crippen molar-refractivity contribution in [3.8, 4) is 11.6 Å². The van der Waals surface area contributed by atoms with Gasteiger partial charge in [-0.05, 0) is 19.8 Å². The summed E-state index contributed by atoms with van der Waals surface area (Å²) in [7, 11) is -1.47. The molecular weight excluding hydrogens is 227 g/mol. The van der Waals surface area contributed by atoms with Crippen molar-refractivity contribution in [3.63, 3.8) is 0 Å². The van der Waals surface area contributed by atoms with Gasteiger partial charge in [0.2, 0.25) is 0 Å². The summed E-state index contributed by atoms with van der Waals surface area (Å²) < 4.78 is 23.8. The van der Waals surface area contributed by atoms with Crippen LogP contribution in [0.25, 0.3) is 0 Å². The molecule has 0 aliphatic heterocycles. The van der Waals surface area contributed by atoms with E-state index < -0.39 is 7.60 Å². The van der Waals surface area contributed by atoms with Crippen molar-refractivity contribution in [2.24, 2.45) is 7.05 Å². The van der Waals surface area contributed by atoms with Crippen molar-refractivity contribution in [1.29, 1.82) is 0 Å². The van der Waals surface area contributed by atoms with Crippen LogP contribution in [0.15, 0.2) is 12.5 Å². The number of hydrogen-bond donors (Lipinski definition) is 0. The molecule has 0 atom stereocenters. The first-order valence-electron chi connectivity index (χ1n) is 5.00. The lowest BCUT2D eigenvalue weighted by Gasteiger charge is -2.09. The van der Waals surface area contributed by atoms with E-state index in [2.05, 4.69) is 16.6 Å². The molecule has 0 bridgehead atoms. The third kappa shape index (κ3) is 3.49. The molecule has 1 rings (SSSR count). The first-order chi connectivity index (χ1) is 7.61. The maximum Gasteiger partial charge on any atom is 0.405 e. The third-order valence-electron chi connectivity index (χ3n) is 1.74. The zero-order chi connectivity index (χ0) is 12.0. The largest absolute Gasteiger partial charge is 0.405 e. The fraction of sp³-hybridized carbons (Fsp3) is 0.500. The Morgan fingerprint density at radius 3 is 2.50 bits per heavy atom. The molecule has 0 aliphatic carbocycles. The Labute approximate surface area is 95.3 Å². The van der Waals surface area contributed by atoms with Crippen molar-refractivity contribution in [2.45, 2.75) is 13.8 Å². The molecule has 0 amide bonds. The van der Waals surface area contributed by atoms with Crippen LogP contribution in [-0.2, 0) is 20.7 Å². The minimum atomic E-state index is -3.28. The quantitative estimate of drug-likeness (QED) is 0.598. The Morgan fingerprint density at radius 2 is 2.06 bits per heavy atom. The number of aromatic nitrogens is 2. The second kappa shape index (κ2) is 5.86. The van der Waals surface area contributed by atoms with E-state index in [0.29, 0.717) is 18.9 Å². The van der Waals surface area contributed by atoms with Gasteiger partial charge in [0.25, 0.3) is 0 Å². The molecule has 6 heteroatoms. The van der Waals surface area contributed by atoms with Gasteiger partial charge in [-0.2, -0.15) is 0 Å². The highest BCUT2D eigenvalue weighted by Crippen LogP contribution is 2.46. The van der Waals surface area contributed by atoms with Gasteiger partial charge in [0.15, 0.2) is 0 Å². The summed E-state index contributed by atoms with van der Waals surface area (Å²) in [5.74, 6) is 2.74. The number of imidazole rings is 1. The zero-order valence-electron chi connectivity index (χ0n) is 9.64. The molecule has 0 fully saturated rings. The second-order valence-corrected chi connectivity index (χ2v) is 4.69. The van der Waals surface area contributed by atoms with E-state index in [-0.39, 0.29) is 0 Å². The zero-order valence-corrected chi connectivity index (χ0v) is 10.5. The van der Waals surface area contributed by atoms with Crippen molar-refractivity contribution in [1.82, 2.24) is 9.55 Å². The van der Waals surface area contributed by atoms with Crippen LogP contribution in [0, 0.1) is 11.6 Å². The molecule has 1 aromatic rings. The summed E-state index contributed by atoms with van der Waals surface area (Å²) in [6, 6.07) is 0. The molecule has 0 spiro atoms. The van der Waals surface area contributed by atoms with E-state index in [9.17, 15) is 4.57 Å². The summed E-state index contributed by atoms with van der Waals surface area (Å²) in [5, 5.41) is 0. The highest BCUT2D eigenvalue weighted by molar-refractivity contribution is 7.59. The van der Waals surface area contributed by atoms with Gasteiger partial charge in [-0.1, -0.05) is 0 Å². The van der Waals surface area contributed by atoms with Crippen molar-refractivity contribution in [2.75, 3.05) is 13.2 Å². The summed E-state index contributed by atoms with van der Waals surface area (Å²) in [4.78, 5) is 3.90. The van der Waals surface area contributed by atoms with Crippen LogP contribution in [0.1, 0.15) is 19.5 Å². The van der Waals surface area contributed by atoms with Gasteiger partial charge in [0, 0.05) is 12.7 Å². The standard InChI is InChI=1S/C10H15N2O3P/c1-4-14-16(13,15-5-2)7-6-10-8-11-9-12(10)3/h8-9H,4-5H2,1-3H3. The maximum absolute atomic E-state index is 12.0. The minimum absolute atomic E-state index is 0.303. The van der Waals surface area contributed by atoms with E-state index >= 15 is 0 Å². The Kier molecular flexibility index (Phi) is 4.75. The van der Waals surface area contributed by atoms with Gasteiger partial charge in [0.05, 0.1) is 25.7 Å². The average Bonchev–Trinajstić information content (AvgIpc) is 2.62. The molecule has 16 heavy (non-hydrogen) atoms. The predicted molar refractivity (Wildman–Crippen MR) is 60.9 cm³/mol. The maximum atomic E-state index is 12.0. The smallest absolute Gasteiger partial charge is 0.327 e. The van der Waals surface area contributed by atoms with E-state index in [1.807, 2.05) is 7.05 Å². The third-order valence-corrected chi connectivity index (χ3v) is 3.32. The molecule has 0 N–H and O–H groups in total. The lowest BCUT2D eigenvalue weighted by Crippen LogP contribution is -1.94. The summed E-state index contributed by atoms with van der Waals surface area (Å²) in [5.41, 5.74) is 3.21. The first kappa shape index (κ1) is 13.0. The molecule has 0 saturated heterocycles. The van der Waals surface area contributed by atoms with Crippen molar-refractivity contribution < 1.29 is 13.6 Å².